The van der Waals surface area contributed by atoms with E-state index in [2.05, 4.69) is 19.7 Å². The largest absolute Gasteiger partial charge is 0.435 e. The fourth-order valence-electron chi connectivity index (χ4n) is 0.697. The summed E-state index contributed by atoms with van der Waals surface area (Å²) < 4.78 is 15.3. The van der Waals surface area contributed by atoms with Crippen molar-refractivity contribution < 1.29 is 18.7 Å². The summed E-state index contributed by atoms with van der Waals surface area (Å²) in [6.45, 7) is 9.82. The first kappa shape index (κ1) is 14.3. The molecule has 0 N–H and O–H groups in total. The van der Waals surface area contributed by atoms with E-state index in [0.29, 0.717) is 12.2 Å². The van der Waals surface area contributed by atoms with Crippen molar-refractivity contribution in [1.82, 2.24) is 0 Å². The van der Waals surface area contributed by atoms with Crippen molar-refractivity contribution >= 4 is 14.3 Å². The van der Waals surface area contributed by atoms with Gasteiger partial charge in [0, 0.05) is 12.7 Å². The maximum Gasteiger partial charge on any atom is 0.335 e. The van der Waals surface area contributed by atoms with Crippen molar-refractivity contribution in [2.75, 3.05) is 20.5 Å². The summed E-state index contributed by atoms with van der Waals surface area (Å²) in [7, 11) is 0.156. The summed E-state index contributed by atoms with van der Waals surface area (Å²) >= 11 is 0. The number of carbonyl (C=O) groups excluding carboxylic acids is 1. The maximum atomic E-state index is 10.9. The Morgan fingerprint density at radius 2 is 2.00 bits per heavy atom. The summed E-state index contributed by atoms with van der Waals surface area (Å²) in [6.07, 6.45) is 0. The molecule has 0 aromatic rings. The lowest BCUT2D eigenvalue weighted by Gasteiger charge is -2.19. The van der Waals surface area contributed by atoms with Gasteiger partial charge in [0.15, 0.2) is 15.1 Å². The van der Waals surface area contributed by atoms with Gasteiger partial charge in [0.1, 0.15) is 0 Å². The second-order valence-corrected chi connectivity index (χ2v) is 8.38. The van der Waals surface area contributed by atoms with Crippen molar-refractivity contribution in [3.8, 4) is 0 Å². The molecule has 0 saturated carbocycles. The van der Waals surface area contributed by atoms with Crippen LogP contribution in [0.2, 0.25) is 19.1 Å². The molecule has 0 aromatic heterocycles. The van der Waals surface area contributed by atoms with E-state index < -0.39 is 14.3 Å². The molecule has 0 radical (unpaired) electrons. The van der Waals surface area contributed by atoms with E-state index in [1.807, 2.05) is 0 Å². The molecule has 88 valence electrons. The van der Waals surface area contributed by atoms with Gasteiger partial charge in [0.25, 0.3) is 0 Å². The zero-order valence-corrected chi connectivity index (χ0v) is 11.0. The second kappa shape index (κ2) is 6.76. The standard InChI is InChI=1S/C10H20O4Si/c1-9(2)10(11)14-8-13-6-7-15(4,5)12-3/h1,6-8H2,2-5H3. The number of ether oxygens (including phenoxy) is 2. The van der Waals surface area contributed by atoms with Gasteiger partial charge >= 0.3 is 5.97 Å². The van der Waals surface area contributed by atoms with Crippen LogP contribution in [0.4, 0.5) is 0 Å². The van der Waals surface area contributed by atoms with E-state index in [4.69, 9.17) is 13.9 Å². The van der Waals surface area contributed by atoms with E-state index in [0.717, 1.165) is 6.04 Å². The average molecular weight is 232 g/mol. The third-order valence-electron chi connectivity index (χ3n) is 2.02. The Bertz CT molecular complexity index is 225. The average Bonchev–Trinajstić information content (AvgIpc) is 2.16. The third-order valence-corrected chi connectivity index (χ3v) is 4.54. The number of rotatable bonds is 7. The molecule has 0 heterocycles. The van der Waals surface area contributed by atoms with Gasteiger partial charge in [0.05, 0.1) is 6.61 Å². The summed E-state index contributed by atoms with van der Waals surface area (Å²) in [5.74, 6) is -0.418. The van der Waals surface area contributed by atoms with Crippen LogP contribution >= 0.6 is 0 Å². The predicted octanol–water partition coefficient (Wildman–Crippen LogP) is 1.93. The molecule has 0 aliphatic carbocycles. The highest BCUT2D eigenvalue weighted by molar-refractivity contribution is 6.71. The van der Waals surface area contributed by atoms with Gasteiger partial charge in [0.2, 0.25) is 0 Å². The van der Waals surface area contributed by atoms with Crippen LogP contribution in [0, 0.1) is 0 Å². The van der Waals surface area contributed by atoms with Gasteiger partial charge < -0.3 is 13.9 Å². The number of carbonyl (C=O) groups is 1. The molecular formula is C10H20O4Si. The van der Waals surface area contributed by atoms with Crippen LogP contribution in [0.3, 0.4) is 0 Å². The molecule has 15 heavy (non-hydrogen) atoms. The van der Waals surface area contributed by atoms with Crippen molar-refractivity contribution in [2.24, 2.45) is 0 Å². The lowest BCUT2D eigenvalue weighted by molar-refractivity contribution is -0.150. The van der Waals surface area contributed by atoms with Gasteiger partial charge in [-0.2, -0.15) is 0 Å². The minimum atomic E-state index is -1.56. The molecule has 0 aliphatic rings. The van der Waals surface area contributed by atoms with Crippen LogP contribution in [-0.4, -0.2) is 34.8 Å². The lowest BCUT2D eigenvalue weighted by Crippen LogP contribution is -2.30. The fraction of sp³-hybridized carbons (Fsp3) is 0.700. The topological polar surface area (TPSA) is 44.8 Å². The van der Waals surface area contributed by atoms with E-state index in [1.54, 1.807) is 14.0 Å². The van der Waals surface area contributed by atoms with Gasteiger partial charge in [-0.15, -0.1) is 0 Å². The molecule has 0 unspecified atom stereocenters. The quantitative estimate of drug-likeness (QED) is 0.221. The first-order chi connectivity index (χ1) is 6.89. The summed E-state index contributed by atoms with van der Waals surface area (Å²) in [5, 5.41) is 0. The second-order valence-electron chi connectivity index (χ2n) is 3.95. The van der Waals surface area contributed by atoms with Crippen molar-refractivity contribution in [3.05, 3.63) is 12.2 Å². The molecule has 5 heteroatoms. The van der Waals surface area contributed by atoms with E-state index in [-0.39, 0.29) is 6.79 Å². The van der Waals surface area contributed by atoms with E-state index in [9.17, 15) is 4.79 Å². The number of hydrogen-bond acceptors (Lipinski definition) is 4. The highest BCUT2D eigenvalue weighted by Crippen LogP contribution is 2.09. The van der Waals surface area contributed by atoms with E-state index >= 15 is 0 Å². The Labute approximate surface area is 92.3 Å². The van der Waals surface area contributed by atoms with Crippen LogP contribution in [-0.2, 0) is 18.7 Å². The summed E-state index contributed by atoms with van der Waals surface area (Å²) in [5.41, 5.74) is 0.380. The van der Waals surface area contributed by atoms with Gasteiger partial charge in [-0.25, -0.2) is 4.79 Å². The molecule has 0 atom stereocenters. The van der Waals surface area contributed by atoms with Crippen LogP contribution in [0.25, 0.3) is 0 Å². The van der Waals surface area contributed by atoms with Gasteiger partial charge in [-0.1, -0.05) is 6.58 Å². The van der Waals surface area contributed by atoms with Crippen LogP contribution in [0.1, 0.15) is 6.92 Å². The van der Waals surface area contributed by atoms with Crippen LogP contribution in [0.5, 0.6) is 0 Å². The molecule has 0 spiro atoms. The van der Waals surface area contributed by atoms with Crippen LogP contribution < -0.4 is 0 Å². The first-order valence-corrected chi connectivity index (χ1v) is 7.96. The zero-order chi connectivity index (χ0) is 11.9. The number of esters is 1. The highest BCUT2D eigenvalue weighted by atomic mass is 28.4. The highest BCUT2D eigenvalue weighted by Gasteiger charge is 2.19. The van der Waals surface area contributed by atoms with Crippen molar-refractivity contribution in [2.45, 2.75) is 26.1 Å². The summed E-state index contributed by atoms with van der Waals surface area (Å²) in [4.78, 5) is 10.9. The first-order valence-electron chi connectivity index (χ1n) is 4.84. The number of hydrogen-bond donors (Lipinski definition) is 0. The molecule has 0 rings (SSSR count). The molecule has 4 nitrogen and oxygen atoms in total. The molecule has 0 amide bonds. The molecule has 0 aromatic carbocycles. The Morgan fingerprint density at radius 1 is 1.40 bits per heavy atom. The third kappa shape index (κ3) is 7.30. The maximum absolute atomic E-state index is 10.9. The normalized spacial score (nSPS) is 11.2. The SMILES string of the molecule is C=C(C)C(=O)OCOCC[Si](C)(C)OC. The summed E-state index contributed by atoms with van der Waals surface area (Å²) in [6, 6.07) is 0.883. The Kier molecular flexibility index (Phi) is 6.47. The monoisotopic (exact) mass is 232 g/mol. The van der Waals surface area contributed by atoms with Crippen molar-refractivity contribution in [1.29, 1.82) is 0 Å². The smallest absolute Gasteiger partial charge is 0.335 e. The lowest BCUT2D eigenvalue weighted by atomic mass is 10.4. The van der Waals surface area contributed by atoms with Gasteiger partial charge in [-0.3, -0.25) is 0 Å². The Hall–Kier alpha value is -0.653. The predicted molar refractivity (Wildman–Crippen MR) is 61.0 cm³/mol. The van der Waals surface area contributed by atoms with E-state index in [1.165, 1.54) is 0 Å². The minimum absolute atomic E-state index is 0.0140. The Balaban J connectivity index is 3.48. The zero-order valence-electron chi connectivity index (χ0n) is 9.96. The molecule has 0 saturated heterocycles. The molecule has 0 aliphatic heterocycles. The van der Waals surface area contributed by atoms with Crippen LogP contribution in [0.15, 0.2) is 12.2 Å². The van der Waals surface area contributed by atoms with Crippen molar-refractivity contribution in [3.63, 3.8) is 0 Å². The van der Waals surface area contributed by atoms with Gasteiger partial charge in [-0.05, 0) is 26.1 Å². The molecule has 0 fully saturated rings. The minimum Gasteiger partial charge on any atom is -0.435 e. The molecule has 0 bridgehead atoms. The fourth-order valence-corrected chi connectivity index (χ4v) is 1.54. The molecular weight excluding hydrogens is 212 g/mol. The Morgan fingerprint density at radius 3 is 2.47 bits per heavy atom.